The highest BCUT2D eigenvalue weighted by molar-refractivity contribution is 7.86. The highest BCUT2D eigenvalue weighted by Gasteiger charge is 2.20. The van der Waals surface area contributed by atoms with Gasteiger partial charge in [-0.1, -0.05) is 19.1 Å². The van der Waals surface area contributed by atoms with Crippen molar-refractivity contribution in [1.29, 1.82) is 0 Å². The van der Waals surface area contributed by atoms with Gasteiger partial charge in [0, 0.05) is 12.6 Å². The summed E-state index contributed by atoms with van der Waals surface area (Å²) in [5, 5.41) is 2.54. The number of hydrogen-bond donors (Lipinski definition) is 1. The minimum absolute atomic E-state index is 0.0864. The van der Waals surface area contributed by atoms with E-state index in [1.165, 1.54) is 6.07 Å². The molecule has 0 radical (unpaired) electrons. The van der Waals surface area contributed by atoms with E-state index in [1.54, 1.807) is 30.0 Å². The molecule has 0 saturated heterocycles. The van der Waals surface area contributed by atoms with Crippen LogP contribution in [0.4, 0.5) is 4.79 Å². The molecule has 2 amide bonds. The Bertz CT molecular complexity index is 720. The number of nitrogens with zero attached hydrogens (tertiary/aromatic N) is 1. The molecular formula is C17H26N2O6S. The fourth-order valence-corrected chi connectivity index (χ4v) is 2.63. The van der Waals surface area contributed by atoms with Crippen molar-refractivity contribution in [2.75, 3.05) is 19.4 Å². The van der Waals surface area contributed by atoms with Gasteiger partial charge in [-0.2, -0.15) is 8.42 Å². The predicted molar refractivity (Wildman–Crippen MR) is 97.2 cm³/mol. The first-order valence-corrected chi connectivity index (χ1v) is 10.2. The average Bonchev–Trinajstić information content (AvgIpc) is 2.56. The molecule has 0 spiro atoms. The van der Waals surface area contributed by atoms with Crippen LogP contribution < -0.4 is 9.50 Å². The Hall–Kier alpha value is -2.29. The second kappa shape index (κ2) is 10.0. The molecule has 1 atom stereocenters. The van der Waals surface area contributed by atoms with Crippen LogP contribution in [0.25, 0.3) is 0 Å². The van der Waals surface area contributed by atoms with Crippen molar-refractivity contribution >= 4 is 22.1 Å². The summed E-state index contributed by atoms with van der Waals surface area (Å²) in [5.41, 5.74) is 0.706. The van der Waals surface area contributed by atoms with E-state index in [4.69, 9.17) is 8.92 Å². The maximum Gasteiger partial charge on any atom is 0.325 e. The number of rotatable bonds is 9. The molecule has 0 unspecified atom stereocenters. The van der Waals surface area contributed by atoms with E-state index in [1.807, 2.05) is 13.8 Å². The molecule has 146 valence electrons. The highest BCUT2D eigenvalue weighted by atomic mass is 32.2. The van der Waals surface area contributed by atoms with Crippen LogP contribution in [0.2, 0.25) is 0 Å². The molecule has 0 heterocycles. The lowest BCUT2D eigenvalue weighted by atomic mass is 10.1. The largest absolute Gasteiger partial charge is 0.465 e. The van der Waals surface area contributed by atoms with Gasteiger partial charge in [-0.3, -0.25) is 4.79 Å². The molecule has 0 bridgehead atoms. The van der Waals surface area contributed by atoms with Gasteiger partial charge in [-0.25, -0.2) is 4.79 Å². The van der Waals surface area contributed by atoms with Crippen molar-refractivity contribution in [3.63, 3.8) is 0 Å². The zero-order chi connectivity index (χ0) is 19.7. The van der Waals surface area contributed by atoms with E-state index in [2.05, 4.69) is 5.32 Å². The van der Waals surface area contributed by atoms with E-state index >= 15 is 0 Å². The summed E-state index contributed by atoms with van der Waals surface area (Å²) in [6.07, 6.45) is 1.68. The summed E-state index contributed by atoms with van der Waals surface area (Å²) in [5.74, 6) is -0.325. The second-order valence-corrected chi connectivity index (χ2v) is 7.36. The van der Waals surface area contributed by atoms with Crippen LogP contribution in [0.3, 0.4) is 0 Å². The quantitative estimate of drug-likeness (QED) is 0.514. The fraction of sp³-hybridized carbons (Fsp3) is 0.529. The van der Waals surface area contributed by atoms with Gasteiger partial charge in [-0.05, 0) is 38.0 Å². The number of ether oxygens (including phenoxy) is 1. The van der Waals surface area contributed by atoms with E-state index in [0.717, 1.165) is 6.26 Å². The monoisotopic (exact) mass is 386 g/mol. The van der Waals surface area contributed by atoms with Crippen LogP contribution in [0.15, 0.2) is 24.3 Å². The summed E-state index contributed by atoms with van der Waals surface area (Å²) in [6, 6.07) is 6.02. The van der Waals surface area contributed by atoms with Crippen molar-refractivity contribution in [3.8, 4) is 5.75 Å². The maximum atomic E-state index is 12.5. The number of nitrogens with one attached hydrogen (secondary N) is 1. The lowest BCUT2D eigenvalue weighted by Crippen LogP contribution is -2.46. The van der Waals surface area contributed by atoms with Crippen LogP contribution in [-0.2, 0) is 26.2 Å². The molecule has 0 aromatic heterocycles. The number of carbonyl (C=O) groups excluding carboxylic acids is 2. The smallest absolute Gasteiger partial charge is 0.325 e. The summed E-state index contributed by atoms with van der Waals surface area (Å²) < 4.78 is 32.2. The minimum atomic E-state index is -3.63. The van der Waals surface area contributed by atoms with Gasteiger partial charge in [0.25, 0.3) is 0 Å². The van der Waals surface area contributed by atoms with Gasteiger partial charge < -0.3 is 19.1 Å². The van der Waals surface area contributed by atoms with Gasteiger partial charge in [-0.15, -0.1) is 0 Å². The number of carbonyl (C=O) groups is 2. The molecule has 8 nitrogen and oxygen atoms in total. The van der Waals surface area contributed by atoms with Crippen molar-refractivity contribution in [2.45, 2.75) is 39.8 Å². The zero-order valence-corrected chi connectivity index (χ0v) is 16.3. The SMILES string of the molecule is CCOC(=O)CNC(=O)N(Cc1cccc(OS(C)(=O)=O)c1)[C@@H](C)CC. The molecule has 26 heavy (non-hydrogen) atoms. The molecule has 0 saturated carbocycles. The third kappa shape index (κ3) is 7.73. The molecule has 1 N–H and O–H groups in total. The summed E-state index contributed by atoms with van der Waals surface area (Å²) in [7, 11) is -3.63. The summed E-state index contributed by atoms with van der Waals surface area (Å²) in [6.45, 7) is 5.80. The van der Waals surface area contributed by atoms with E-state index in [9.17, 15) is 18.0 Å². The normalized spacial score (nSPS) is 12.2. The average molecular weight is 386 g/mol. The van der Waals surface area contributed by atoms with Crippen molar-refractivity contribution in [2.24, 2.45) is 0 Å². The topological polar surface area (TPSA) is 102 Å². The van der Waals surface area contributed by atoms with E-state index < -0.39 is 22.1 Å². The van der Waals surface area contributed by atoms with Crippen molar-refractivity contribution in [1.82, 2.24) is 10.2 Å². The Morgan fingerprint density at radius 3 is 2.54 bits per heavy atom. The van der Waals surface area contributed by atoms with Crippen LogP contribution in [0, 0.1) is 0 Å². The third-order valence-electron chi connectivity index (χ3n) is 3.57. The first kappa shape index (κ1) is 21.8. The van der Waals surface area contributed by atoms with Gasteiger partial charge in [0.1, 0.15) is 12.3 Å². The molecular weight excluding hydrogens is 360 g/mol. The minimum Gasteiger partial charge on any atom is -0.465 e. The Morgan fingerprint density at radius 2 is 1.96 bits per heavy atom. The lowest BCUT2D eigenvalue weighted by molar-refractivity contribution is -0.141. The molecule has 0 aliphatic rings. The summed E-state index contributed by atoms with van der Waals surface area (Å²) >= 11 is 0. The molecule has 0 aliphatic heterocycles. The third-order valence-corrected chi connectivity index (χ3v) is 4.07. The molecule has 1 aromatic rings. The van der Waals surface area contributed by atoms with Gasteiger partial charge in [0.15, 0.2) is 0 Å². The van der Waals surface area contributed by atoms with Crippen LogP contribution in [0.1, 0.15) is 32.8 Å². The predicted octanol–water partition coefficient (Wildman–Crippen LogP) is 1.90. The standard InChI is InChI=1S/C17H26N2O6S/c1-5-13(3)19(17(21)18-11-16(20)24-6-2)12-14-8-7-9-15(10-14)25-26(4,22)23/h7-10,13H,5-6,11-12H2,1-4H3,(H,18,21)/t13-/m0/s1. The van der Waals surface area contributed by atoms with Crippen LogP contribution in [-0.4, -0.2) is 50.8 Å². The number of urea groups is 1. The molecule has 1 rings (SSSR count). The Balaban J connectivity index is 2.86. The zero-order valence-electron chi connectivity index (χ0n) is 15.5. The van der Waals surface area contributed by atoms with E-state index in [-0.39, 0.29) is 31.5 Å². The molecule has 9 heteroatoms. The van der Waals surface area contributed by atoms with E-state index in [0.29, 0.717) is 12.0 Å². The first-order chi connectivity index (χ1) is 12.2. The molecule has 0 fully saturated rings. The lowest BCUT2D eigenvalue weighted by Gasteiger charge is -2.29. The highest BCUT2D eigenvalue weighted by Crippen LogP contribution is 2.18. The Labute approximate surface area is 154 Å². The van der Waals surface area contributed by atoms with Gasteiger partial charge >= 0.3 is 22.1 Å². The fourth-order valence-electron chi connectivity index (χ4n) is 2.18. The van der Waals surface area contributed by atoms with Gasteiger partial charge in [0.2, 0.25) is 0 Å². The van der Waals surface area contributed by atoms with Gasteiger partial charge in [0.05, 0.1) is 12.9 Å². The second-order valence-electron chi connectivity index (χ2n) is 5.78. The number of amides is 2. The number of benzene rings is 1. The molecule has 0 aliphatic carbocycles. The Kier molecular flexibility index (Phi) is 8.37. The number of hydrogen-bond acceptors (Lipinski definition) is 6. The first-order valence-electron chi connectivity index (χ1n) is 8.34. The van der Waals surface area contributed by atoms with Crippen molar-refractivity contribution < 1.29 is 26.9 Å². The maximum absolute atomic E-state index is 12.5. The summed E-state index contributed by atoms with van der Waals surface area (Å²) in [4.78, 5) is 25.4. The van der Waals surface area contributed by atoms with Crippen molar-refractivity contribution in [3.05, 3.63) is 29.8 Å². The Morgan fingerprint density at radius 1 is 1.27 bits per heavy atom. The molecule has 1 aromatic carbocycles. The number of esters is 1. The van der Waals surface area contributed by atoms with Crippen LogP contribution >= 0.6 is 0 Å². The van der Waals surface area contributed by atoms with Crippen LogP contribution in [0.5, 0.6) is 5.75 Å².